The topological polar surface area (TPSA) is 21.9 Å². The van der Waals surface area contributed by atoms with Gasteiger partial charge in [-0.25, -0.2) is 0 Å². The smallest absolute Gasteiger partial charge is 0.236 e. The van der Waals surface area contributed by atoms with Crippen LogP contribution in [0.25, 0.3) is 98.8 Å². The predicted octanol–water partition coefficient (Wildman–Crippen LogP) is 12.6. The van der Waals surface area contributed by atoms with Crippen molar-refractivity contribution in [1.82, 2.24) is 4.68 Å². The van der Waals surface area contributed by atoms with Crippen LogP contribution in [-0.4, -0.2) is 4.68 Å². The summed E-state index contributed by atoms with van der Waals surface area (Å²) in [6.45, 7) is 0. The second-order valence-electron chi connectivity index (χ2n) is 13.5. The van der Waals surface area contributed by atoms with Crippen molar-refractivity contribution in [2.24, 2.45) is 0 Å². The highest BCUT2D eigenvalue weighted by Gasteiger charge is 2.22. The summed E-state index contributed by atoms with van der Waals surface area (Å²) in [6, 6.07) is 65.4. The van der Waals surface area contributed by atoms with Crippen LogP contribution in [0, 0.1) is 0 Å². The number of benzene rings is 9. The molecule has 242 valence electrons. The molecule has 0 radical (unpaired) electrons. The first-order valence-corrected chi connectivity index (χ1v) is 17.8. The molecule has 0 amide bonds. The molecule has 0 atom stereocenters. The van der Waals surface area contributed by atoms with Gasteiger partial charge in [-0.3, -0.25) is 0 Å². The molecule has 0 aliphatic heterocycles. The number of furan rings is 1. The minimum Gasteiger partial charge on any atom is -0.455 e. The highest BCUT2D eigenvalue weighted by atomic mass is 16.3. The first-order chi connectivity index (χ1) is 25.8. The van der Waals surface area contributed by atoms with Gasteiger partial charge in [0.25, 0.3) is 0 Å². The van der Waals surface area contributed by atoms with Gasteiger partial charge in [0.2, 0.25) is 11.9 Å². The van der Waals surface area contributed by atoms with Crippen LogP contribution >= 0.6 is 0 Å². The molecule has 11 aromatic rings. The van der Waals surface area contributed by atoms with Crippen molar-refractivity contribution >= 4 is 65.2 Å². The standard InChI is InChI=1S/C49H31N2O/c1-2-14-37(15-3-1)51-45-21-11-5-13-35(45)31-50(51)36-26-22-33(23-27-36)47-39-17-7-9-19-41(39)48(42-20-10-8-18-40(42)47)34-25-29-46-44(30-34)43-28-24-32-12-4-6-16-38(32)49(43)52-46/h1-31H/q+1. The Morgan fingerprint density at radius 2 is 0.981 bits per heavy atom. The highest BCUT2D eigenvalue weighted by Crippen LogP contribution is 2.45. The summed E-state index contributed by atoms with van der Waals surface area (Å²) >= 11 is 0. The van der Waals surface area contributed by atoms with Gasteiger partial charge < -0.3 is 4.42 Å². The van der Waals surface area contributed by atoms with Gasteiger partial charge in [0.05, 0.1) is 5.39 Å². The van der Waals surface area contributed by atoms with Crippen molar-refractivity contribution in [2.45, 2.75) is 0 Å². The van der Waals surface area contributed by atoms with Crippen LogP contribution in [0.3, 0.4) is 0 Å². The monoisotopic (exact) mass is 663 g/mol. The molecule has 2 heterocycles. The van der Waals surface area contributed by atoms with Gasteiger partial charge in [0, 0.05) is 28.3 Å². The summed E-state index contributed by atoms with van der Waals surface area (Å²) in [4.78, 5) is 0. The molecule has 0 aliphatic rings. The Bertz CT molecular complexity index is 3110. The first kappa shape index (κ1) is 28.8. The Morgan fingerprint density at radius 1 is 0.404 bits per heavy atom. The molecular weight excluding hydrogens is 633 g/mol. The minimum atomic E-state index is 0.907. The summed E-state index contributed by atoms with van der Waals surface area (Å²) in [5, 5.41) is 10.7. The Kier molecular flexibility index (Phi) is 6.25. The molecule has 0 fully saturated rings. The molecule has 0 spiro atoms. The summed E-state index contributed by atoms with van der Waals surface area (Å²) in [7, 11) is 0. The van der Waals surface area contributed by atoms with Crippen molar-refractivity contribution in [3.05, 3.63) is 188 Å². The van der Waals surface area contributed by atoms with Gasteiger partial charge in [0.1, 0.15) is 22.4 Å². The second-order valence-corrected chi connectivity index (χ2v) is 13.5. The lowest BCUT2D eigenvalue weighted by Gasteiger charge is -2.17. The second kappa shape index (κ2) is 11.3. The van der Waals surface area contributed by atoms with E-state index in [0.29, 0.717) is 0 Å². The van der Waals surface area contributed by atoms with Gasteiger partial charge in [-0.05, 0) is 104 Å². The van der Waals surface area contributed by atoms with E-state index in [9.17, 15) is 0 Å². The third-order valence-corrected chi connectivity index (χ3v) is 10.6. The fourth-order valence-corrected chi connectivity index (χ4v) is 8.31. The third-order valence-electron chi connectivity index (χ3n) is 10.6. The molecule has 11 rings (SSSR count). The Balaban J connectivity index is 1.10. The molecule has 52 heavy (non-hydrogen) atoms. The van der Waals surface area contributed by atoms with E-state index in [1.165, 1.54) is 60.1 Å². The summed E-state index contributed by atoms with van der Waals surface area (Å²) in [6.07, 6.45) is 2.22. The lowest BCUT2D eigenvalue weighted by Crippen LogP contribution is -2.39. The summed E-state index contributed by atoms with van der Waals surface area (Å²) < 4.78 is 11.0. The van der Waals surface area contributed by atoms with E-state index < -0.39 is 0 Å². The summed E-state index contributed by atoms with van der Waals surface area (Å²) in [5.74, 6) is 0. The first-order valence-electron chi connectivity index (χ1n) is 17.8. The van der Waals surface area contributed by atoms with Gasteiger partial charge in [-0.2, -0.15) is 0 Å². The van der Waals surface area contributed by atoms with Crippen LogP contribution in [0.4, 0.5) is 0 Å². The average molecular weight is 664 g/mol. The van der Waals surface area contributed by atoms with E-state index in [1.54, 1.807) is 0 Å². The number of hydrogen-bond acceptors (Lipinski definition) is 1. The Hall–Kier alpha value is -6.97. The fraction of sp³-hybridized carbons (Fsp3) is 0. The number of rotatable bonds is 4. The van der Waals surface area contributed by atoms with Crippen LogP contribution in [0.15, 0.2) is 193 Å². The molecule has 0 N–H and O–H groups in total. The van der Waals surface area contributed by atoms with E-state index in [2.05, 4.69) is 198 Å². The van der Waals surface area contributed by atoms with Gasteiger partial charge >= 0.3 is 0 Å². The molecule has 3 heteroatoms. The van der Waals surface area contributed by atoms with Crippen LogP contribution in [0.1, 0.15) is 0 Å². The number of para-hydroxylation sites is 2. The van der Waals surface area contributed by atoms with E-state index in [-0.39, 0.29) is 0 Å². The largest absolute Gasteiger partial charge is 0.455 e. The molecule has 0 saturated heterocycles. The Morgan fingerprint density at radius 3 is 1.69 bits per heavy atom. The van der Waals surface area contributed by atoms with E-state index >= 15 is 0 Å². The number of nitrogens with zero attached hydrogens (tertiary/aromatic N) is 2. The van der Waals surface area contributed by atoms with E-state index in [4.69, 9.17) is 4.42 Å². The molecular formula is C49H31N2O+. The van der Waals surface area contributed by atoms with Crippen LogP contribution in [-0.2, 0) is 0 Å². The fourth-order valence-electron chi connectivity index (χ4n) is 8.31. The zero-order valence-corrected chi connectivity index (χ0v) is 28.2. The number of fused-ring (bicyclic) bond motifs is 8. The number of aromatic nitrogens is 2. The van der Waals surface area contributed by atoms with Crippen molar-refractivity contribution < 1.29 is 9.10 Å². The molecule has 2 aromatic heterocycles. The van der Waals surface area contributed by atoms with Crippen molar-refractivity contribution in [3.8, 4) is 33.6 Å². The van der Waals surface area contributed by atoms with E-state index in [0.717, 1.165) is 38.7 Å². The molecule has 0 saturated carbocycles. The predicted molar refractivity (Wildman–Crippen MR) is 215 cm³/mol. The zero-order chi connectivity index (χ0) is 34.2. The van der Waals surface area contributed by atoms with E-state index in [1.807, 2.05) is 0 Å². The van der Waals surface area contributed by atoms with Crippen LogP contribution in [0.2, 0.25) is 0 Å². The maximum Gasteiger partial charge on any atom is 0.236 e. The number of hydrogen-bond donors (Lipinski definition) is 0. The van der Waals surface area contributed by atoms with Crippen LogP contribution < -0.4 is 4.68 Å². The van der Waals surface area contributed by atoms with Gasteiger partial charge in [0.15, 0.2) is 0 Å². The average Bonchev–Trinajstić information content (AvgIpc) is 3.79. The minimum absolute atomic E-state index is 0.907. The highest BCUT2D eigenvalue weighted by molar-refractivity contribution is 6.22. The lowest BCUT2D eigenvalue weighted by molar-refractivity contribution is -0.672. The molecule has 0 bridgehead atoms. The van der Waals surface area contributed by atoms with Crippen LogP contribution in [0.5, 0.6) is 0 Å². The quantitative estimate of drug-likeness (QED) is 0.136. The molecule has 9 aromatic carbocycles. The SMILES string of the molecule is c1ccc(-n2c3ccccc3c[n+]2-c2ccc(-c3c4ccccc4c(-c4ccc5oc6c7ccccc7ccc6c5c4)c4ccccc34)cc2)cc1. The zero-order valence-electron chi connectivity index (χ0n) is 28.2. The van der Waals surface area contributed by atoms with Crippen molar-refractivity contribution in [3.63, 3.8) is 0 Å². The van der Waals surface area contributed by atoms with Crippen molar-refractivity contribution in [2.75, 3.05) is 0 Å². The third kappa shape index (κ3) is 4.30. The summed E-state index contributed by atoms with van der Waals surface area (Å²) in [5.41, 5.74) is 10.1. The van der Waals surface area contributed by atoms with Gasteiger partial charge in [-0.15, -0.1) is 4.68 Å². The maximum atomic E-state index is 6.50. The van der Waals surface area contributed by atoms with Gasteiger partial charge in [-0.1, -0.05) is 120 Å². The normalized spacial score (nSPS) is 11.8. The molecule has 0 aliphatic carbocycles. The maximum absolute atomic E-state index is 6.50. The van der Waals surface area contributed by atoms with Crippen molar-refractivity contribution in [1.29, 1.82) is 0 Å². The molecule has 0 unspecified atom stereocenters. The molecule has 3 nitrogen and oxygen atoms in total. The Labute approximate surface area is 299 Å². The lowest BCUT2D eigenvalue weighted by atomic mass is 9.85.